The van der Waals surface area contributed by atoms with Crippen molar-refractivity contribution in [2.75, 3.05) is 5.32 Å². The van der Waals surface area contributed by atoms with Gasteiger partial charge in [-0.15, -0.1) is 0 Å². The molecule has 0 atom stereocenters. The van der Waals surface area contributed by atoms with Gasteiger partial charge in [0.2, 0.25) is 0 Å². The number of aromatic nitrogens is 1. The monoisotopic (exact) mass is 236 g/mol. The summed E-state index contributed by atoms with van der Waals surface area (Å²) in [5, 5.41) is 2.68. The van der Waals surface area contributed by atoms with Gasteiger partial charge in [0.05, 0.1) is 0 Å². The second-order valence-electron chi connectivity index (χ2n) is 4.89. The number of rotatable bonds is 3. The summed E-state index contributed by atoms with van der Waals surface area (Å²) in [6.45, 7) is 7.58. The van der Waals surface area contributed by atoms with Crippen molar-refractivity contribution < 1.29 is 9.53 Å². The van der Waals surface area contributed by atoms with Crippen molar-refractivity contribution in [3.05, 3.63) is 23.9 Å². The third-order valence-corrected chi connectivity index (χ3v) is 2.03. The summed E-state index contributed by atoms with van der Waals surface area (Å²) in [7, 11) is 0. The van der Waals surface area contributed by atoms with Crippen LogP contribution in [0.25, 0.3) is 0 Å². The van der Waals surface area contributed by atoms with E-state index in [1.54, 1.807) is 6.20 Å². The zero-order chi connectivity index (χ0) is 12.9. The molecule has 4 heteroatoms. The lowest BCUT2D eigenvalue weighted by molar-refractivity contribution is 0.0635. The topological polar surface area (TPSA) is 51.2 Å². The number of ether oxygens (including phenoxy) is 1. The van der Waals surface area contributed by atoms with Crippen molar-refractivity contribution in [2.24, 2.45) is 0 Å². The first-order valence-electron chi connectivity index (χ1n) is 5.86. The van der Waals surface area contributed by atoms with E-state index >= 15 is 0 Å². The van der Waals surface area contributed by atoms with Crippen LogP contribution < -0.4 is 5.32 Å². The van der Waals surface area contributed by atoms with Gasteiger partial charge in [0, 0.05) is 6.20 Å². The second-order valence-corrected chi connectivity index (χ2v) is 4.89. The molecule has 1 rings (SSSR count). The first kappa shape index (κ1) is 13.5. The SMILES string of the molecule is CCCc1cccnc1NC(=O)OC(C)(C)C. The first-order valence-corrected chi connectivity index (χ1v) is 5.86. The quantitative estimate of drug-likeness (QED) is 0.875. The van der Waals surface area contributed by atoms with Crippen LogP contribution in [-0.2, 0) is 11.2 Å². The molecule has 0 aliphatic heterocycles. The molecule has 0 saturated carbocycles. The summed E-state index contributed by atoms with van der Waals surface area (Å²) in [6, 6.07) is 3.83. The molecular formula is C13H20N2O2. The zero-order valence-electron chi connectivity index (χ0n) is 10.9. The largest absolute Gasteiger partial charge is 0.444 e. The highest BCUT2D eigenvalue weighted by Gasteiger charge is 2.17. The number of hydrogen-bond donors (Lipinski definition) is 1. The number of aryl methyl sites for hydroxylation is 1. The average molecular weight is 236 g/mol. The van der Waals surface area contributed by atoms with Gasteiger partial charge in [0.15, 0.2) is 0 Å². The molecule has 0 unspecified atom stereocenters. The van der Waals surface area contributed by atoms with Crippen molar-refractivity contribution in [3.8, 4) is 0 Å². The zero-order valence-corrected chi connectivity index (χ0v) is 10.9. The van der Waals surface area contributed by atoms with Crippen LogP contribution in [0.3, 0.4) is 0 Å². The van der Waals surface area contributed by atoms with Crippen LogP contribution in [0.1, 0.15) is 39.7 Å². The fourth-order valence-electron chi connectivity index (χ4n) is 1.42. The Bertz CT molecular complexity index is 383. The van der Waals surface area contributed by atoms with Crippen LogP contribution in [0.2, 0.25) is 0 Å². The Labute approximate surface area is 102 Å². The molecule has 0 saturated heterocycles. The number of carbonyl (C=O) groups excluding carboxylic acids is 1. The molecule has 17 heavy (non-hydrogen) atoms. The Morgan fingerprint density at radius 2 is 2.18 bits per heavy atom. The highest BCUT2D eigenvalue weighted by Crippen LogP contribution is 2.15. The van der Waals surface area contributed by atoms with Crippen molar-refractivity contribution >= 4 is 11.9 Å². The maximum absolute atomic E-state index is 11.6. The Morgan fingerprint density at radius 3 is 2.76 bits per heavy atom. The van der Waals surface area contributed by atoms with Gasteiger partial charge in [-0.2, -0.15) is 0 Å². The maximum atomic E-state index is 11.6. The molecule has 0 radical (unpaired) electrons. The fraction of sp³-hybridized carbons (Fsp3) is 0.538. The van der Waals surface area contributed by atoms with Gasteiger partial charge in [-0.1, -0.05) is 19.4 Å². The van der Waals surface area contributed by atoms with E-state index in [-0.39, 0.29) is 0 Å². The molecule has 1 heterocycles. The maximum Gasteiger partial charge on any atom is 0.413 e. The lowest BCUT2D eigenvalue weighted by Crippen LogP contribution is -2.27. The number of carbonyl (C=O) groups is 1. The van der Waals surface area contributed by atoms with Crippen LogP contribution >= 0.6 is 0 Å². The van der Waals surface area contributed by atoms with Crippen LogP contribution in [0.15, 0.2) is 18.3 Å². The lowest BCUT2D eigenvalue weighted by Gasteiger charge is -2.20. The summed E-state index contributed by atoms with van der Waals surface area (Å²) in [4.78, 5) is 15.8. The third-order valence-electron chi connectivity index (χ3n) is 2.03. The van der Waals surface area contributed by atoms with E-state index in [1.165, 1.54) is 0 Å². The average Bonchev–Trinajstić information content (AvgIpc) is 2.18. The summed E-state index contributed by atoms with van der Waals surface area (Å²) in [6.07, 6.45) is 3.09. The van der Waals surface area contributed by atoms with E-state index < -0.39 is 11.7 Å². The molecule has 0 spiro atoms. The van der Waals surface area contributed by atoms with Crippen LogP contribution in [-0.4, -0.2) is 16.7 Å². The van der Waals surface area contributed by atoms with Gasteiger partial charge in [-0.3, -0.25) is 5.32 Å². The normalized spacial score (nSPS) is 11.1. The van der Waals surface area contributed by atoms with Gasteiger partial charge in [0.1, 0.15) is 11.4 Å². The minimum atomic E-state index is -0.496. The molecule has 1 amide bonds. The van der Waals surface area contributed by atoms with Gasteiger partial charge < -0.3 is 4.74 Å². The van der Waals surface area contributed by atoms with E-state index in [0.717, 1.165) is 18.4 Å². The smallest absolute Gasteiger partial charge is 0.413 e. The van der Waals surface area contributed by atoms with Gasteiger partial charge >= 0.3 is 6.09 Å². The third kappa shape index (κ3) is 4.85. The van der Waals surface area contributed by atoms with Gasteiger partial charge in [-0.05, 0) is 38.8 Å². The number of nitrogens with zero attached hydrogens (tertiary/aromatic N) is 1. The van der Waals surface area contributed by atoms with Crippen molar-refractivity contribution in [1.29, 1.82) is 0 Å². The summed E-state index contributed by atoms with van der Waals surface area (Å²) < 4.78 is 5.18. The van der Waals surface area contributed by atoms with Crippen LogP contribution in [0, 0.1) is 0 Å². The highest BCUT2D eigenvalue weighted by molar-refractivity contribution is 5.84. The second kappa shape index (κ2) is 5.66. The summed E-state index contributed by atoms with van der Waals surface area (Å²) in [5.41, 5.74) is 0.532. The summed E-state index contributed by atoms with van der Waals surface area (Å²) >= 11 is 0. The van der Waals surface area contributed by atoms with E-state index in [0.29, 0.717) is 5.82 Å². The van der Waals surface area contributed by atoms with Gasteiger partial charge in [-0.25, -0.2) is 9.78 Å². The van der Waals surface area contributed by atoms with E-state index in [2.05, 4.69) is 17.2 Å². The first-order chi connectivity index (χ1) is 7.92. The predicted molar refractivity (Wildman–Crippen MR) is 68.1 cm³/mol. The number of hydrogen-bond acceptors (Lipinski definition) is 3. The predicted octanol–water partition coefficient (Wildman–Crippen LogP) is 3.38. The Hall–Kier alpha value is -1.58. The van der Waals surface area contributed by atoms with Crippen molar-refractivity contribution in [1.82, 2.24) is 4.98 Å². The lowest BCUT2D eigenvalue weighted by atomic mass is 10.1. The molecule has 1 aromatic rings. The minimum absolute atomic E-state index is 0.464. The molecule has 0 aromatic carbocycles. The molecular weight excluding hydrogens is 216 g/mol. The number of amides is 1. The molecule has 0 aliphatic carbocycles. The molecule has 1 N–H and O–H groups in total. The van der Waals surface area contributed by atoms with Crippen molar-refractivity contribution in [2.45, 2.75) is 46.1 Å². The Kier molecular flexibility index (Phi) is 4.49. The molecule has 0 bridgehead atoms. The van der Waals surface area contributed by atoms with E-state index in [9.17, 15) is 4.79 Å². The molecule has 94 valence electrons. The van der Waals surface area contributed by atoms with Crippen molar-refractivity contribution in [3.63, 3.8) is 0 Å². The number of nitrogens with one attached hydrogen (secondary N) is 1. The Morgan fingerprint density at radius 1 is 1.47 bits per heavy atom. The minimum Gasteiger partial charge on any atom is -0.444 e. The molecule has 0 fully saturated rings. The molecule has 4 nitrogen and oxygen atoms in total. The van der Waals surface area contributed by atoms with E-state index in [4.69, 9.17) is 4.74 Å². The number of pyridine rings is 1. The summed E-state index contributed by atoms with van der Waals surface area (Å²) in [5.74, 6) is 0.587. The van der Waals surface area contributed by atoms with E-state index in [1.807, 2.05) is 32.9 Å². The van der Waals surface area contributed by atoms with Gasteiger partial charge in [0.25, 0.3) is 0 Å². The number of anilines is 1. The van der Waals surface area contributed by atoms with Crippen LogP contribution in [0.5, 0.6) is 0 Å². The highest BCUT2D eigenvalue weighted by atomic mass is 16.6. The fourth-order valence-corrected chi connectivity index (χ4v) is 1.42. The molecule has 0 aliphatic rings. The van der Waals surface area contributed by atoms with Crippen LogP contribution in [0.4, 0.5) is 10.6 Å². The molecule has 1 aromatic heterocycles. The standard InChI is InChI=1S/C13H20N2O2/c1-5-7-10-8-6-9-14-11(10)15-12(16)17-13(2,3)4/h6,8-9H,5,7H2,1-4H3,(H,14,15,16). The Balaban J connectivity index is 2.71.